The Morgan fingerprint density at radius 3 is 1.91 bits per heavy atom. The van der Waals surface area contributed by atoms with Gasteiger partial charge in [-0.25, -0.2) is 0 Å². The summed E-state index contributed by atoms with van der Waals surface area (Å²) in [6.45, 7) is -0.432. The van der Waals surface area contributed by atoms with E-state index in [1.54, 1.807) is 0 Å². The Hall–Kier alpha value is -3.72. The zero-order valence-electron chi connectivity index (χ0n) is 17.7. The van der Waals surface area contributed by atoms with Crippen LogP contribution in [0.15, 0.2) is 65.7 Å². The van der Waals surface area contributed by atoms with Crippen molar-refractivity contribution in [3.63, 3.8) is 0 Å². The minimum atomic E-state index is -1.86. The van der Waals surface area contributed by atoms with Crippen LogP contribution in [0.25, 0.3) is 0 Å². The van der Waals surface area contributed by atoms with Crippen molar-refractivity contribution in [3.05, 3.63) is 71.8 Å². The van der Waals surface area contributed by atoms with Crippen molar-refractivity contribution in [2.45, 2.75) is 30.7 Å². The van der Waals surface area contributed by atoms with E-state index in [2.05, 4.69) is 10.3 Å². The molecule has 0 aliphatic carbocycles. The van der Waals surface area contributed by atoms with Gasteiger partial charge in [-0.05, 0) is 24.0 Å². The van der Waals surface area contributed by atoms with Gasteiger partial charge in [-0.3, -0.25) is 24.7 Å². The number of aliphatic imine (C=N–C) groups is 1. The van der Waals surface area contributed by atoms with Gasteiger partial charge >= 0.3 is 5.97 Å². The highest BCUT2D eigenvalue weighted by Crippen LogP contribution is 2.31. The molecule has 0 aromatic heterocycles. The van der Waals surface area contributed by atoms with Gasteiger partial charge in [-0.1, -0.05) is 60.7 Å². The Morgan fingerprint density at radius 1 is 0.938 bits per heavy atom. The molecule has 0 saturated carbocycles. The van der Waals surface area contributed by atoms with Crippen LogP contribution in [0.3, 0.4) is 0 Å². The third-order valence-corrected chi connectivity index (χ3v) is 5.24. The molecule has 170 valence electrons. The topological polar surface area (TPSA) is 174 Å². The Morgan fingerprint density at radius 2 is 1.47 bits per heavy atom. The largest absolute Gasteiger partial charge is 0.480 e. The maximum absolute atomic E-state index is 13.6. The lowest BCUT2D eigenvalue weighted by Crippen LogP contribution is -2.62. The van der Waals surface area contributed by atoms with Crippen LogP contribution in [0.1, 0.15) is 36.3 Å². The molecule has 2 rings (SSSR count). The van der Waals surface area contributed by atoms with Crippen molar-refractivity contribution < 1.29 is 19.5 Å². The molecule has 0 saturated heterocycles. The summed E-state index contributed by atoms with van der Waals surface area (Å²) in [5.74, 6) is -3.10. The first-order valence-corrected chi connectivity index (χ1v) is 10.2. The van der Waals surface area contributed by atoms with Crippen LogP contribution in [-0.2, 0) is 14.4 Å². The van der Waals surface area contributed by atoms with Crippen molar-refractivity contribution in [3.8, 4) is 0 Å². The van der Waals surface area contributed by atoms with E-state index >= 15 is 0 Å². The first-order chi connectivity index (χ1) is 15.3. The van der Waals surface area contributed by atoms with Crippen molar-refractivity contribution in [2.24, 2.45) is 22.2 Å². The van der Waals surface area contributed by atoms with Crippen LogP contribution < -0.4 is 22.5 Å². The van der Waals surface area contributed by atoms with E-state index in [0.717, 1.165) is 11.1 Å². The molecule has 9 nitrogen and oxygen atoms in total. The average Bonchev–Trinajstić information content (AvgIpc) is 2.77. The number of guanidine groups is 1. The number of hydrogen-bond acceptors (Lipinski definition) is 5. The van der Waals surface area contributed by atoms with Crippen LogP contribution >= 0.6 is 0 Å². The van der Waals surface area contributed by atoms with E-state index in [1.807, 2.05) is 60.7 Å². The van der Waals surface area contributed by atoms with Gasteiger partial charge in [0.05, 0.1) is 6.54 Å². The minimum Gasteiger partial charge on any atom is -0.480 e. The van der Waals surface area contributed by atoms with E-state index in [1.165, 1.54) is 0 Å². The number of carbonyl (C=O) groups is 3. The van der Waals surface area contributed by atoms with Gasteiger partial charge in [0.1, 0.15) is 0 Å². The number of primary amides is 1. The standard InChI is InChI=1S/C23H29N5O4/c24-21(32)23(28-15-20(30)31,12-7-13-27-22(25)26)19(29)14-18(16-8-3-1-4-9-16)17-10-5-2-6-11-17/h1-6,8-11,18,28H,7,12-15H2,(H2,24,32)(H,30,31)(H4,25,26,27)/t23-/m1/s1. The lowest BCUT2D eigenvalue weighted by atomic mass is 9.79. The van der Waals surface area contributed by atoms with Gasteiger partial charge in [0.2, 0.25) is 5.91 Å². The van der Waals surface area contributed by atoms with Gasteiger partial charge in [0.15, 0.2) is 17.3 Å². The second-order valence-corrected chi connectivity index (χ2v) is 7.43. The van der Waals surface area contributed by atoms with Crippen LogP contribution in [0, 0.1) is 0 Å². The first kappa shape index (κ1) is 24.5. The van der Waals surface area contributed by atoms with Crippen LogP contribution in [0.4, 0.5) is 0 Å². The number of nitrogens with one attached hydrogen (secondary N) is 1. The highest BCUT2D eigenvalue weighted by Gasteiger charge is 2.44. The number of ketones is 1. The number of carboxylic acid groups (broad SMARTS) is 1. The third kappa shape index (κ3) is 6.64. The summed E-state index contributed by atoms with van der Waals surface area (Å²) in [7, 11) is 0. The summed E-state index contributed by atoms with van der Waals surface area (Å²) in [6.07, 6.45) is 0.161. The van der Waals surface area contributed by atoms with Crippen molar-refractivity contribution in [2.75, 3.05) is 13.1 Å². The van der Waals surface area contributed by atoms with E-state index in [9.17, 15) is 14.4 Å². The quantitative estimate of drug-likeness (QED) is 0.132. The highest BCUT2D eigenvalue weighted by atomic mass is 16.4. The normalized spacial score (nSPS) is 12.7. The Labute approximate surface area is 186 Å². The van der Waals surface area contributed by atoms with Gasteiger partial charge in [0.25, 0.3) is 0 Å². The number of nitrogens with zero attached hydrogens (tertiary/aromatic N) is 1. The fourth-order valence-electron chi connectivity index (χ4n) is 3.61. The number of rotatable bonds is 13. The van der Waals surface area contributed by atoms with Gasteiger partial charge in [-0.15, -0.1) is 0 Å². The summed E-state index contributed by atoms with van der Waals surface area (Å²) in [6, 6.07) is 18.8. The van der Waals surface area contributed by atoms with Crippen molar-refractivity contribution in [1.29, 1.82) is 0 Å². The Kier molecular flexibility index (Phi) is 8.91. The molecule has 0 radical (unpaired) electrons. The Bertz CT molecular complexity index is 906. The van der Waals surface area contributed by atoms with E-state index in [4.69, 9.17) is 22.3 Å². The predicted octanol–water partition coefficient (Wildman–Crippen LogP) is 0.730. The maximum atomic E-state index is 13.6. The molecule has 0 fully saturated rings. The molecule has 8 N–H and O–H groups in total. The third-order valence-electron chi connectivity index (χ3n) is 5.24. The number of carbonyl (C=O) groups excluding carboxylic acids is 2. The molecule has 0 spiro atoms. The van der Waals surface area contributed by atoms with Gasteiger partial charge < -0.3 is 22.3 Å². The van der Waals surface area contributed by atoms with Crippen LogP contribution in [0.5, 0.6) is 0 Å². The number of benzene rings is 2. The molecule has 0 heterocycles. The van der Waals surface area contributed by atoms with E-state index in [0.29, 0.717) is 0 Å². The van der Waals surface area contributed by atoms with Crippen LogP contribution in [0.2, 0.25) is 0 Å². The smallest absolute Gasteiger partial charge is 0.317 e. The molecular weight excluding hydrogens is 410 g/mol. The summed E-state index contributed by atoms with van der Waals surface area (Å²) in [4.78, 5) is 41.1. The molecule has 2 aromatic rings. The number of Topliss-reactive ketones (excluding diaryl/α,β-unsaturated/α-hetero) is 1. The van der Waals surface area contributed by atoms with Gasteiger partial charge in [0, 0.05) is 18.9 Å². The molecule has 2 aromatic carbocycles. The Balaban J connectivity index is 2.39. The molecule has 0 aliphatic rings. The van der Waals surface area contributed by atoms with Crippen molar-refractivity contribution >= 4 is 23.6 Å². The fraction of sp³-hybridized carbons (Fsp3) is 0.304. The van der Waals surface area contributed by atoms with Crippen LogP contribution in [-0.4, -0.2) is 47.4 Å². The lowest BCUT2D eigenvalue weighted by Gasteiger charge is -2.31. The molecule has 32 heavy (non-hydrogen) atoms. The maximum Gasteiger partial charge on any atom is 0.317 e. The second kappa shape index (κ2) is 11.6. The number of nitrogens with two attached hydrogens (primary N) is 3. The minimum absolute atomic E-state index is 0.0402. The highest BCUT2D eigenvalue weighted by molar-refractivity contribution is 6.10. The molecule has 0 aliphatic heterocycles. The summed E-state index contributed by atoms with van der Waals surface area (Å²) >= 11 is 0. The number of carboxylic acids is 1. The molecule has 9 heteroatoms. The first-order valence-electron chi connectivity index (χ1n) is 10.2. The predicted molar refractivity (Wildman–Crippen MR) is 122 cm³/mol. The van der Waals surface area contributed by atoms with E-state index < -0.39 is 29.7 Å². The molecule has 1 amide bonds. The second-order valence-electron chi connectivity index (χ2n) is 7.43. The SMILES string of the molecule is NC(=O)[C@](CCCN=C(N)N)(NCC(=O)O)C(=O)CC(c1ccccc1)c1ccccc1. The number of aliphatic carboxylic acids is 1. The van der Waals surface area contributed by atoms with E-state index in [-0.39, 0.29) is 37.7 Å². The monoisotopic (exact) mass is 439 g/mol. The lowest BCUT2D eigenvalue weighted by molar-refractivity contribution is -0.139. The zero-order chi connectivity index (χ0) is 23.6. The zero-order valence-corrected chi connectivity index (χ0v) is 17.7. The number of hydrogen-bond donors (Lipinski definition) is 5. The summed E-state index contributed by atoms with van der Waals surface area (Å²) in [5.41, 5.74) is 16.2. The summed E-state index contributed by atoms with van der Waals surface area (Å²) < 4.78 is 0. The summed E-state index contributed by atoms with van der Waals surface area (Å²) in [5, 5.41) is 11.7. The molecule has 0 bridgehead atoms. The molecule has 1 atom stereocenters. The van der Waals surface area contributed by atoms with Crippen molar-refractivity contribution in [1.82, 2.24) is 5.32 Å². The fourth-order valence-corrected chi connectivity index (χ4v) is 3.61. The number of amides is 1. The average molecular weight is 440 g/mol. The molecule has 0 unspecified atom stereocenters. The molecular formula is C23H29N5O4. The van der Waals surface area contributed by atoms with Gasteiger partial charge in [-0.2, -0.15) is 0 Å².